The number of amides is 1. The van der Waals surface area contributed by atoms with E-state index in [-0.39, 0.29) is 11.3 Å². The van der Waals surface area contributed by atoms with Gasteiger partial charge in [0.1, 0.15) is 0 Å². The molecule has 1 aromatic carbocycles. The van der Waals surface area contributed by atoms with E-state index in [2.05, 4.69) is 24.3 Å². The Morgan fingerprint density at radius 1 is 1.28 bits per heavy atom. The van der Waals surface area contributed by atoms with Gasteiger partial charge in [0.05, 0.1) is 0 Å². The lowest BCUT2D eigenvalue weighted by Crippen LogP contribution is -2.44. The van der Waals surface area contributed by atoms with Crippen LogP contribution in [0.1, 0.15) is 31.6 Å². The lowest BCUT2D eigenvalue weighted by atomic mass is 9.94. The zero-order chi connectivity index (χ0) is 13.2. The number of nitrogens with zero attached hydrogens (tertiary/aromatic N) is 1. The fraction of sp³-hybridized carbons (Fsp3) is 0.533. The van der Waals surface area contributed by atoms with Gasteiger partial charge in [-0.15, -0.1) is 0 Å². The number of carbonyl (C=O) groups excluding carboxylic acids is 1. The molecule has 18 heavy (non-hydrogen) atoms. The summed E-state index contributed by atoms with van der Waals surface area (Å²) in [6.45, 7) is 7.70. The van der Waals surface area contributed by atoms with Gasteiger partial charge < -0.3 is 4.90 Å². The van der Waals surface area contributed by atoms with Crippen LogP contribution in [0.3, 0.4) is 0 Å². The quantitative estimate of drug-likeness (QED) is 0.774. The van der Waals surface area contributed by atoms with Crippen LogP contribution in [-0.4, -0.2) is 29.6 Å². The van der Waals surface area contributed by atoms with Crippen molar-refractivity contribution in [2.45, 2.75) is 26.0 Å². The molecule has 1 saturated heterocycles. The second-order valence-electron chi connectivity index (χ2n) is 5.77. The first-order valence-electron chi connectivity index (χ1n) is 6.44. The number of rotatable bonds is 1. The number of benzene rings is 1. The maximum absolute atomic E-state index is 12.3. The predicted octanol–water partition coefficient (Wildman–Crippen LogP) is 3.35. The van der Waals surface area contributed by atoms with E-state index in [0.717, 1.165) is 18.8 Å². The summed E-state index contributed by atoms with van der Waals surface area (Å²) < 4.78 is 0. The number of hydrogen-bond donors (Lipinski definition) is 0. The molecule has 1 amide bonds. The van der Waals surface area contributed by atoms with Crippen molar-refractivity contribution < 1.29 is 4.79 Å². The third-order valence-corrected chi connectivity index (χ3v) is 4.41. The van der Waals surface area contributed by atoms with E-state index in [1.54, 1.807) is 0 Å². The van der Waals surface area contributed by atoms with Crippen LogP contribution >= 0.6 is 11.8 Å². The van der Waals surface area contributed by atoms with Gasteiger partial charge in [0.15, 0.2) is 0 Å². The third kappa shape index (κ3) is 3.08. The van der Waals surface area contributed by atoms with Crippen molar-refractivity contribution >= 4 is 17.7 Å². The monoisotopic (exact) mass is 263 g/mol. The fourth-order valence-corrected chi connectivity index (χ4v) is 3.42. The van der Waals surface area contributed by atoms with E-state index in [4.69, 9.17) is 0 Å². The molecule has 1 unspecified atom stereocenters. The maximum Gasteiger partial charge on any atom is 0.228 e. The van der Waals surface area contributed by atoms with Gasteiger partial charge in [-0.1, -0.05) is 51.1 Å². The average Bonchev–Trinajstić information content (AvgIpc) is 2.38. The zero-order valence-electron chi connectivity index (χ0n) is 11.3. The van der Waals surface area contributed by atoms with Gasteiger partial charge in [-0.25, -0.2) is 0 Å². The van der Waals surface area contributed by atoms with Gasteiger partial charge in [0.25, 0.3) is 0 Å². The summed E-state index contributed by atoms with van der Waals surface area (Å²) in [4.78, 5) is 14.3. The lowest BCUT2D eigenvalue weighted by Gasteiger charge is -2.36. The van der Waals surface area contributed by atoms with E-state index in [0.29, 0.717) is 5.25 Å². The average molecular weight is 263 g/mol. The van der Waals surface area contributed by atoms with Crippen LogP contribution in [0.5, 0.6) is 0 Å². The molecular formula is C15H21NOS. The first-order chi connectivity index (χ1) is 8.48. The van der Waals surface area contributed by atoms with Crippen molar-refractivity contribution in [2.75, 3.05) is 18.8 Å². The minimum atomic E-state index is -0.275. The Kier molecular flexibility index (Phi) is 4.00. The molecule has 1 heterocycles. The highest BCUT2D eigenvalue weighted by molar-refractivity contribution is 7.99. The summed E-state index contributed by atoms with van der Waals surface area (Å²) in [6.07, 6.45) is 0. The summed E-state index contributed by atoms with van der Waals surface area (Å²) in [6, 6.07) is 10.5. The third-order valence-electron chi connectivity index (χ3n) is 3.17. The highest BCUT2D eigenvalue weighted by atomic mass is 32.2. The van der Waals surface area contributed by atoms with Crippen molar-refractivity contribution in [2.24, 2.45) is 5.41 Å². The molecule has 0 N–H and O–H groups in total. The SMILES string of the molecule is CC(C)(C)C(=O)N1CCSC(c2ccccc2)C1. The Labute approximate surface area is 114 Å². The van der Waals surface area contributed by atoms with Crippen LogP contribution in [0.25, 0.3) is 0 Å². The molecule has 0 aromatic heterocycles. The van der Waals surface area contributed by atoms with Crippen molar-refractivity contribution in [3.05, 3.63) is 35.9 Å². The van der Waals surface area contributed by atoms with Gasteiger partial charge >= 0.3 is 0 Å². The van der Waals surface area contributed by atoms with E-state index >= 15 is 0 Å². The minimum absolute atomic E-state index is 0.267. The van der Waals surface area contributed by atoms with Crippen LogP contribution in [0, 0.1) is 5.41 Å². The second kappa shape index (κ2) is 5.35. The van der Waals surface area contributed by atoms with Crippen molar-refractivity contribution in [3.63, 3.8) is 0 Å². The molecule has 98 valence electrons. The first kappa shape index (κ1) is 13.5. The Hall–Kier alpha value is -0.960. The van der Waals surface area contributed by atoms with Gasteiger partial charge in [0.2, 0.25) is 5.91 Å². The molecule has 0 radical (unpaired) electrons. The molecule has 1 fully saturated rings. The normalized spacial score (nSPS) is 20.8. The Bertz CT molecular complexity index is 410. The Balaban J connectivity index is 2.08. The highest BCUT2D eigenvalue weighted by Gasteiger charge is 2.31. The molecule has 0 aliphatic carbocycles. The molecule has 2 rings (SSSR count). The topological polar surface area (TPSA) is 20.3 Å². The van der Waals surface area contributed by atoms with E-state index in [1.807, 2.05) is 43.5 Å². The first-order valence-corrected chi connectivity index (χ1v) is 7.49. The number of hydrogen-bond acceptors (Lipinski definition) is 2. The van der Waals surface area contributed by atoms with Gasteiger partial charge in [-0.2, -0.15) is 11.8 Å². The van der Waals surface area contributed by atoms with Crippen LogP contribution in [0.15, 0.2) is 30.3 Å². The zero-order valence-corrected chi connectivity index (χ0v) is 12.2. The van der Waals surface area contributed by atoms with Crippen molar-refractivity contribution in [3.8, 4) is 0 Å². The Morgan fingerprint density at radius 2 is 1.94 bits per heavy atom. The van der Waals surface area contributed by atoms with Gasteiger partial charge in [0, 0.05) is 29.5 Å². The standard InChI is InChI=1S/C15H21NOS/c1-15(2,3)14(17)16-9-10-18-13(11-16)12-7-5-4-6-8-12/h4-8,13H,9-11H2,1-3H3. The fourth-order valence-electron chi connectivity index (χ4n) is 2.18. The molecule has 1 aromatic rings. The molecule has 2 nitrogen and oxygen atoms in total. The van der Waals surface area contributed by atoms with E-state index in [9.17, 15) is 4.79 Å². The smallest absolute Gasteiger partial charge is 0.228 e. The number of carbonyl (C=O) groups is 1. The largest absolute Gasteiger partial charge is 0.340 e. The maximum atomic E-state index is 12.3. The molecule has 1 atom stereocenters. The van der Waals surface area contributed by atoms with Crippen molar-refractivity contribution in [1.29, 1.82) is 0 Å². The minimum Gasteiger partial charge on any atom is -0.340 e. The summed E-state index contributed by atoms with van der Waals surface area (Å²) in [7, 11) is 0. The molecule has 1 aliphatic heterocycles. The summed E-state index contributed by atoms with van der Waals surface area (Å²) in [5, 5.41) is 0.422. The number of thioether (sulfide) groups is 1. The van der Waals surface area contributed by atoms with E-state index in [1.165, 1.54) is 5.56 Å². The van der Waals surface area contributed by atoms with Crippen LogP contribution in [0.4, 0.5) is 0 Å². The van der Waals surface area contributed by atoms with E-state index < -0.39 is 0 Å². The molecule has 0 spiro atoms. The molecule has 0 bridgehead atoms. The predicted molar refractivity (Wildman–Crippen MR) is 77.7 cm³/mol. The van der Waals surface area contributed by atoms with Crippen molar-refractivity contribution in [1.82, 2.24) is 4.90 Å². The summed E-state index contributed by atoms with van der Waals surface area (Å²) in [5.74, 6) is 1.30. The van der Waals surface area contributed by atoms with Crippen LogP contribution < -0.4 is 0 Å². The molecule has 0 saturated carbocycles. The van der Waals surface area contributed by atoms with Crippen LogP contribution in [-0.2, 0) is 4.79 Å². The van der Waals surface area contributed by atoms with Gasteiger partial charge in [-0.05, 0) is 5.56 Å². The second-order valence-corrected chi connectivity index (χ2v) is 7.08. The molecule has 3 heteroatoms. The summed E-state index contributed by atoms with van der Waals surface area (Å²) in [5.41, 5.74) is 1.05. The lowest BCUT2D eigenvalue weighted by molar-refractivity contribution is -0.139. The highest BCUT2D eigenvalue weighted by Crippen LogP contribution is 2.34. The summed E-state index contributed by atoms with van der Waals surface area (Å²) >= 11 is 1.95. The Morgan fingerprint density at radius 3 is 2.56 bits per heavy atom. The molecular weight excluding hydrogens is 242 g/mol. The molecule has 1 aliphatic rings. The van der Waals surface area contributed by atoms with Gasteiger partial charge in [-0.3, -0.25) is 4.79 Å². The van der Waals surface area contributed by atoms with Crippen LogP contribution in [0.2, 0.25) is 0 Å².